The number of anilines is 1. The number of aliphatic hydroxyl groups excluding tert-OH is 1. The van der Waals surface area contributed by atoms with Crippen LogP contribution in [0.5, 0.6) is 0 Å². The minimum absolute atomic E-state index is 0.0440. The first-order valence-corrected chi connectivity index (χ1v) is 7.09. The largest absolute Gasteiger partial charge is 0.395 e. The molecule has 0 saturated carbocycles. The zero-order valence-electron chi connectivity index (χ0n) is 10.8. The van der Waals surface area contributed by atoms with Gasteiger partial charge in [-0.2, -0.15) is 11.3 Å². The number of nitrogens with one attached hydrogen (secondary N) is 1. The molecule has 0 radical (unpaired) electrons. The van der Waals surface area contributed by atoms with Crippen LogP contribution in [0.4, 0.5) is 5.82 Å². The third kappa shape index (κ3) is 4.50. The fourth-order valence-corrected chi connectivity index (χ4v) is 2.23. The maximum atomic E-state index is 11.8. The Morgan fingerprint density at radius 1 is 1.45 bits per heavy atom. The van der Waals surface area contributed by atoms with Gasteiger partial charge < -0.3 is 10.4 Å². The number of carbonyl (C=O) groups is 1. The lowest BCUT2D eigenvalue weighted by Gasteiger charge is -2.03. The van der Waals surface area contributed by atoms with Crippen LogP contribution in [-0.4, -0.2) is 22.6 Å². The molecule has 2 rings (SSSR count). The summed E-state index contributed by atoms with van der Waals surface area (Å²) in [5, 5.41) is 15.3. The molecule has 20 heavy (non-hydrogen) atoms. The minimum atomic E-state index is -0.101. The normalized spacial score (nSPS) is 9.65. The van der Waals surface area contributed by atoms with Crippen molar-refractivity contribution in [2.24, 2.45) is 0 Å². The van der Waals surface area contributed by atoms with E-state index in [0.29, 0.717) is 18.7 Å². The number of nitrogens with zero attached hydrogens (tertiary/aromatic N) is 1. The van der Waals surface area contributed by atoms with Crippen molar-refractivity contribution in [3.63, 3.8) is 0 Å². The SMILES string of the molecule is O=C(Cc1ccsc1)Nc1cc(C#CCCO)ccn1. The first kappa shape index (κ1) is 14.3. The molecule has 0 aliphatic rings. The highest BCUT2D eigenvalue weighted by atomic mass is 32.1. The van der Waals surface area contributed by atoms with Gasteiger partial charge in [0, 0.05) is 18.2 Å². The molecule has 0 fully saturated rings. The van der Waals surface area contributed by atoms with Crippen molar-refractivity contribution in [2.75, 3.05) is 11.9 Å². The lowest BCUT2D eigenvalue weighted by molar-refractivity contribution is -0.115. The average molecular weight is 286 g/mol. The molecule has 5 heteroatoms. The second kappa shape index (κ2) is 7.43. The molecule has 0 aliphatic heterocycles. The number of carbonyl (C=O) groups excluding carboxylic acids is 1. The Labute approximate surface area is 121 Å². The molecule has 2 heterocycles. The summed E-state index contributed by atoms with van der Waals surface area (Å²) in [6, 6.07) is 5.41. The fourth-order valence-electron chi connectivity index (χ4n) is 1.56. The summed E-state index contributed by atoms with van der Waals surface area (Å²) in [7, 11) is 0. The van der Waals surface area contributed by atoms with Crippen LogP contribution in [0.3, 0.4) is 0 Å². The van der Waals surface area contributed by atoms with Gasteiger partial charge in [-0.15, -0.1) is 0 Å². The quantitative estimate of drug-likeness (QED) is 0.846. The summed E-state index contributed by atoms with van der Waals surface area (Å²) in [6.45, 7) is 0.0440. The van der Waals surface area contributed by atoms with E-state index < -0.39 is 0 Å². The van der Waals surface area contributed by atoms with Crippen LogP contribution in [0.25, 0.3) is 0 Å². The molecule has 0 bridgehead atoms. The molecule has 0 saturated heterocycles. The van der Waals surface area contributed by atoms with Crippen molar-refractivity contribution in [3.8, 4) is 11.8 Å². The molecule has 102 valence electrons. The van der Waals surface area contributed by atoms with Crippen LogP contribution < -0.4 is 5.32 Å². The molecule has 0 atom stereocenters. The summed E-state index contributed by atoms with van der Waals surface area (Å²) in [4.78, 5) is 15.9. The number of rotatable bonds is 4. The number of hydrogen-bond donors (Lipinski definition) is 2. The molecular weight excluding hydrogens is 272 g/mol. The van der Waals surface area contributed by atoms with E-state index in [0.717, 1.165) is 11.1 Å². The fraction of sp³-hybridized carbons (Fsp3) is 0.200. The van der Waals surface area contributed by atoms with Crippen LogP contribution >= 0.6 is 11.3 Å². The van der Waals surface area contributed by atoms with E-state index in [1.165, 1.54) is 0 Å². The van der Waals surface area contributed by atoms with Crippen LogP contribution in [0.1, 0.15) is 17.5 Å². The van der Waals surface area contributed by atoms with Gasteiger partial charge in [-0.25, -0.2) is 4.98 Å². The topological polar surface area (TPSA) is 62.2 Å². The van der Waals surface area contributed by atoms with Gasteiger partial charge in [0.15, 0.2) is 0 Å². The Morgan fingerprint density at radius 2 is 2.35 bits per heavy atom. The van der Waals surface area contributed by atoms with E-state index in [-0.39, 0.29) is 12.5 Å². The van der Waals surface area contributed by atoms with E-state index in [4.69, 9.17) is 5.11 Å². The molecule has 4 nitrogen and oxygen atoms in total. The molecule has 2 aromatic heterocycles. The van der Waals surface area contributed by atoms with Gasteiger partial charge in [0.05, 0.1) is 13.0 Å². The highest BCUT2D eigenvalue weighted by Gasteiger charge is 2.05. The highest BCUT2D eigenvalue weighted by molar-refractivity contribution is 7.08. The smallest absolute Gasteiger partial charge is 0.229 e. The number of thiophene rings is 1. The van der Waals surface area contributed by atoms with E-state index in [9.17, 15) is 4.79 Å². The van der Waals surface area contributed by atoms with Gasteiger partial charge in [-0.05, 0) is 34.5 Å². The molecule has 0 spiro atoms. The van der Waals surface area contributed by atoms with Gasteiger partial charge in [0.25, 0.3) is 0 Å². The summed E-state index contributed by atoms with van der Waals surface area (Å²) in [5.74, 6) is 6.12. The lowest BCUT2D eigenvalue weighted by atomic mass is 10.2. The monoisotopic (exact) mass is 286 g/mol. The van der Waals surface area contributed by atoms with Gasteiger partial charge >= 0.3 is 0 Å². The summed E-state index contributed by atoms with van der Waals surface area (Å²) in [6.07, 6.45) is 2.37. The Morgan fingerprint density at radius 3 is 3.10 bits per heavy atom. The second-order valence-electron chi connectivity index (χ2n) is 4.06. The molecule has 0 unspecified atom stereocenters. The Bertz CT molecular complexity index is 627. The van der Waals surface area contributed by atoms with Gasteiger partial charge in [-0.3, -0.25) is 4.79 Å². The Kier molecular flexibility index (Phi) is 5.30. The van der Waals surface area contributed by atoms with Gasteiger partial charge in [0.1, 0.15) is 5.82 Å². The zero-order chi connectivity index (χ0) is 14.2. The van der Waals surface area contributed by atoms with Crippen LogP contribution in [0.15, 0.2) is 35.2 Å². The average Bonchev–Trinajstić information content (AvgIpc) is 2.92. The van der Waals surface area contributed by atoms with E-state index in [2.05, 4.69) is 22.1 Å². The van der Waals surface area contributed by atoms with Crippen molar-refractivity contribution in [2.45, 2.75) is 12.8 Å². The molecular formula is C15H14N2O2S. The van der Waals surface area contributed by atoms with Crippen molar-refractivity contribution in [3.05, 3.63) is 46.3 Å². The van der Waals surface area contributed by atoms with Crippen LogP contribution in [0.2, 0.25) is 0 Å². The van der Waals surface area contributed by atoms with Crippen molar-refractivity contribution in [1.29, 1.82) is 0 Å². The number of amides is 1. The van der Waals surface area contributed by atoms with Crippen LogP contribution in [-0.2, 0) is 11.2 Å². The Hall–Kier alpha value is -2.16. The number of hydrogen-bond acceptors (Lipinski definition) is 4. The molecule has 2 aromatic rings. The van der Waals surface area contributed by atoms with Crippen LogP contribution in [0, 0.1) is 11.8 Å². The lowest BCUT2D eigenvalue weighted by Crippen LogP contribution is -2.14. The van der Waals surface area contributed by atoms with Crippen molar-refractivity contribution >= 4 is 23.1 Å². The van der Waals surface area contributed by atoms with Crippen molar-refractivity contribution in [1.82, 2.24) is 4.98 Å². The van der Waals surface area contributed by atoms with E-state index in [1.807, 2.05) is 16.8 Å². The predicted octanol–water partition coefficient (Wildman–Crippen LogP) is 2.06. The third-order valence-electron chi connectivity index (χ3n) is 2.44. The summed E-state index contributed by atoms with van der Waals surface area (Å²) < 4.78 is 0. The second-order valence-corrected chi connectivity index (χ2v) is 4.84. The number of aromatic nitrogens is 1. The maximum absolute atomic E-state index is 11.8. The zero-order valence-corrected chi connectivity index (χ0v) is 11.6. The first-order chi connectivity index (χ1) is 9.78. The Balaban J connectivity index is 1.97. The predicted molar refractivity (Wildman–Crippen MR) is 79.5 cm³/mol. The molecule has 1 amide bonds. The number of pyridine rings is 1. The first-order valence-electron chi connectivity index (χ1n) is 6.14. The van der Waals surface area contributed by atoms with Crippen molar-refractivity contribution < 1.29 is 9.90 Å². The molecule has 2 N–H and O–H groups in total. The van der Waals surface area contributed by atoms with E-state index in [1.54, 1.807) is 29.7 Å². The summed E-state index contributed by atoms with van der Waals surface area (Å²) in [5.41, 5.74) is 1.76. The highest BCUT2D eigenvalue weighted by Crippen LogP contribution is 2.09. The standard InChI is InChI=1S/C15H14N2O2S/c18-7-2-1-3-12-4-6-16-14(9-12)17-15(19)10-13-5-8-20-11-13/h4-6,8-9,11,18H,2,7,10H2,(H,16,17,19). The maximum Gasteiger partial charge on any atom is 0.229 e. The summed E-state index contributed by atoms with van der Waals surface area (Å²) >= 11 is 1.57. The van der Waals surface area contributed by atoms with E-state index >= 15 is 0 Å². The third-order valence-corrected chi connectivity index (χ3v) is 3.17. The molecule has 0 aromatic carbocycles. The van der Waals surface area contributed by atoms with Gasteiger partial charge in [0.2, 0.25) is 5.91 Å². The number of aliphatic hydroxyl groups is 1. The molecule has 0 aliphatic carbocycles. The minimum Gasteiger partial charge on any atom is -0.395 e. The van der Waals surface area contributed by atoms with Gasteiger partial charge in [-0.1, -0.05) is 11.8 Å².